The molecule has 160 valence electrons. The first-order valence-corrected chi connectivity index (χ1v) is 10.1. The number of nitrogens with zero attached hydrogens (tertiary/aromatic N) is 1. The molecule has 0 saturated carbocycles. The number of halogens is 1. The van der Waals surface area contributed by atoms with Crippen molar-refractivity contribution in [1.29, 1.82) is 0 Å². The number of hydrogen-bond acceptors (Lipinski definition) is 4. The number of rotatable bonds is 5. The molecule has 0 aliphatic carbocycles. The highest BCUT2D eigenvalue weighted by Crippen LogP contribution is 2.27. The summed E-state index contributed by atoms with van der Waals surface area (Å²) < 4.78 is 0. The van der Waals surface area contributed by atoms with Crippen LogP contribution in [0.2, 0.25) is 5.02 Å². The largest absolute Gasteiger partial charge is 0.391 e. The number of hydrogen-bond donors (Lipinski definition) is 3. The molecule has 1 aromatic rings. The fraction of sp³-hybridized carbons (Fsp3) is 0.571. The van der Waals surface area contributed by atoms with E-state index in [1.807, 2.05) is 39.8 Å². The summed E-state index contributed by atoms with van der Waals surface area (Å²) in [6.07, 6.45) is -0.638. The zero-order chi connectivity index (χ0) is 21.9. The Hall–Kier alpha value is -2.12. The van der Waals surface area contributed by atoms with E-state index in [1.54, 1.807) is 12.1 Å². The van der Waals surface area contributed by atoms with Gasteiger partial charge in [0.15, 0.2) is 0 Å². The first-order chi connectivity index (χ1) is 13.4. The number of carbonyl (C=O) groups excluding carboxylic acids is 3. The van der Waals surface area contributed by atoms with E-state index in [0.29, 0.717) is 5.02 Å². The molecule has 1 aliphatic heterocycles. The summed E-state index contributed by atoms with van der Waals surface area (Å²) in [5, 5.41) is 16.3. The number of carbonyl (C=O) groups is 3. The van der Waals surface area contributed by atoms with E-state index in [9.17, 15) is 19.5 Å². The molecule has 8 heteroatoms. The molecule has 4 atom stereocenters. The number of amides is 3. The Morgan fingerprint density at radius 3 is 2.28 bits per heavy atom. The van der Waals surface area contributed by atoms with E-state index in [4.69, 9.17) is 11.6 Å². The third-order valence-electron chi connectivity index (χ3n) is 5.05. The van der Waals surface area contributed by atoms with Gasteiger partial charge in [0.05, 0.1) is 12.1 Å². The quantitative estimate of drug-likeness (QED) is 0.674. The molecule has 1 saturated heterocycles. The summed E-state index contributed by atoms with van der Waals surface area (Å²) in [6.45, 7) is 8.77. The predicted octanol–water partition coefficient (Wildman–Crippen LogP) is 2.03. The lowest BCUT2D eigenvalue weighted by atomic mass is 9.85. The average molecular weight is 424 g/mol. The monoisotopic (exact) mass is 423 g/mol. The van der Waals surface area contributed by atoms with Crippen LogP contribution in [0, 0.1) is 5.41 Å². The molecule has 29 heavy (non-hydrogen) atoms. The molecule has 2 unspecified atom stereocenters. The SMILES string of the molecule is CC(=O)NC(C(=O)N1C[C@H](O)C[C@H]1C(=O)NC(C)c1ccc(Cl)cc1)C(C)(C)C. The van der Waals surface area contributed by atoms with Gasteiger partial charge in [-0.1, -0.05) is 44.5 Å². The van der Waals surface area contributed by atoms with E-state index >= 15 is 0 Å². The molecule has 1 aromatic carbocycles. The number of likely N-dealkylation sites (tertiary alicyclic amines) is 1. The van der Waals surface area contributed by atoms with Crippen molar-refractivity contribution >= 4 is 29.3 Å². The van der Waals surface area contributed by atoms with Crippen LogP contribution in [0.25, 0.3) is 0 Å². The zero-order valence-corrected chi connectivity index (χ0v) is 18.3. The minimum absolute atomic E-state index is 0.0540. The number of aliphatic hydroxyl groups excluding tert-OH is 1. The number of β-amino-alcohol motifs (C(OH)–C–C–N with tert-alkyl or cyclic N) is 1. The van der Waals surface area contributed by atoms with Crippen molar-refractivity contribution in [3.8, 4) is 0 Å². The van der Waals surface area contributed by atoms with Gasteiger partial charge in [0.25, 0.3) is 0 Å². The predicted molar refractivity (Wildman–Crippen MR) is 111 cm³/mol. The van der Waals surface area contributed by atoms with Crippen LogP contribution in [0.3, 0.4) is 0 Å². The summed E-state index contributed by atoms with van der Waals surface area (Å²) in [6, 6.07) is 5.26. The van der Waals surface area contributed by atoms with Gasteiger partial charge in [0.1, 0.15) is 12.1 Å². The molecule has 1 heterocycles. The van der Waals surface area contributed by atoms with Crippen LogP contribution in [-0.4, -0.2) is 52.5 Å². The number of nitrogens with one attached hydrogen (secondary N) is 2. The van der Waals surface area contributed by atoms with E-state index < -0.39 is 23.6 Å². The Balaban J connectivity index is 2.17. The molecule has 1 aliphatic rings. The van der Waals surface area contributed by atoms with Crippen molar-refractivity contribution in [2.75, 3.05) is 6.54 Å². The Labute approximate surface area is 176 Å². The summed E-state index contributed by atoms with van der Waals surface area (Å²) >= 11 is 5.91. The normalized spacial score (nSPS) is 21.4. The van der Waals surface area contributed by atoms with Crippen LogP contribution in [0.4, 0.5) is 0 Å². The lowest BCUT2D eigenvalue weighted by molar-refractivity contribution is -0.144. The van der Waals surface area contributed by atoms with E-state index in [1.165, 1.54) is 11.8 Å². The van der Waals surface area contributed by atoms with Crippen molar-refractivity contribution in [1.82, 2.24) is 15.5 Å². The summed E-state index contributed by atoms with van der Waals surface area (Å²) in [5.41, 5.74) is 0.332. The second kappa shape index (κ2) is 9.13. The van der Waals surface area contributed by atoms with Gasteiger partial charge in [-0.05, 0) is 30.0 Å². The maximum absolute atomic E-state index is 13.2. The highest BCUT2D eigenvalue weighted by Gasteiger charge is 2.44. The zero-order valence-electron chi connectivity index (χ0n) is 17.5. The molecular formula is C21H30ClN3O4. The fourth-order valence-corrected chi connectivity index (χ4v) is 3.59. The molecule has 0 aromatic heterocycles. The first kappa shape index (κ1) is 23.2. The van der Waals surface area contributed by atoms with E-state index in [-0.39, 0.29) is 36.7 Å². The maximum Gasteiger partial charge on any atom is 0.246 e. The number of aliphatic hydroxyl groups is 1. The molecule has 0 spiro atoms. The van der Waals surface area contributed by atoms with Gasteiger partial charge in [-0.25, -0.2) is 0 Å². The van der Waals surface area contributed by atoms with Crippen molar-refractivity contribution < 1.29 is 19.5 Å². The van der Waals surface area contributed by atoms with Crippen LogP contribution in [0.5, 0.6) is 0 Å². The molecule has 3 N–H and O–H groups in total. The van der Waals surface area contributed by atoms with Gasteiger partial charge in [0.2, 0.25) is 17.7 Å². The molecule has 2 rings (SSSR count). The van der Waals surface area contributed by atoms with Crippen LogP contribution in [-0.2, 0) is 14.4 Å². The highest BCUT2D eigenvalue weighted by atomic mass is 35.5. The lowest BCUT2D eigenvalue weighted by Gasteiger charge is -2.35. The summed E-state index contributed by atoms with van der Waals surface area (Å²) in [5.74, 6) is -1.04. The minimum atomic E-state index is -0.800. The van der Waals surface area contributed by atoms with Crippen molar-refractivity contribution in [2.24, 2.45) is 5.41 Å². The second-order valence-corrected chi connectivity index (χ2v) is 9.11. The molecule has 0 bridgehead atoms. The summed E-state index contributed by atoms with van der Waals surface area (Å²) in [7, 11) is 0. The third kappa shape index (κ3) is 5.93. The van der Waals surface area contributed by atoms with Crippen molar-refractivity contribution in [3.05, 3.63) is 34.9 Å². The standard InChI is InChI=1S/C21H30ClN3O4/c1-12(14-6-8-15(22)9-7-14)23-19(28)17-10-16(27)11-25(17)20(29)18(21(3,4)5)24-13(2)26/h6-9,12,16-18,27H,10-11H2,1-5H3,(H,23,28)(H,24,26)/t12?,16-,17+,18?/m1/s1. The van der Waals surface area contributed by atoms with E-state index in [0.717, 1.165) is 5.56 Å². The maximum atomic E-state index is 13.2. The van der Waals surface area contributed by atoms with Crippen molar-refractivity contribution in [2.45, 2.75) is 65.3 Å². The molecule has 7 nitrogen and oxygen atoms in total. The number of benzene rings is 1. The highest BCUT2D eigenvalue weighted by molar-refractivity contribution is 6.30. The topological polar surface area (TPSA) is 98.7 Å². The van der Waals surface area contributed by atoms with Gasteiger partial charge >= 0.3 is 0 Å². The first-order valence-electron chi connectivity index (χ1n) is 9.71. The van der Waals surface area contributed by atoms with Gasteiger partial charge in [-0.3, -0.25) is 14.4 Å². The van der Waals surface area contributed by atoms with Crippen LogP contribution >= 0.6 is 11.6 Å². The molecule has 1 fully saturated rings. The fourth-order valence-electron chi connectivity index (χ4n) is 3.47. The Morgan fingerprint density at radius 2 is 1.76 bits per heavy atom. The smallest absolute Gasteiger partial charge is 0.246 e. The van der Waals surface area contributed by atoms with Gasteiger partial charge in [0, 0.05) is 24.9 Å². The average Bonchev–Trinajstić information content (AvgIpc) is 3.00. The minimum Gasteiger partial charge on any atom is -0.391 e. The summed E-state index contributed by atoms with van der Waals surface area (Å²) in [4.78, 5) is 39.1. The van der Waals surface area contributed by atoms with Crippen molar-refractivity contribution in [3.63, 3.8) is 0 Å². The molecular weight excluding hydrogens is 394 g/mol. The Kier molecular flexibility index (Phi) is 7.30. The molecule has 0 radical (unpaired) electrons. The Morgan fingerprint density at radius 1 is 1.17 bits per heavy atom. The van der Waals surface area contributed by atoms with Gasteiger partial charge in [-0.15, -0.1) is 0 Å². The van der Waals surface area contributed by atoms with E-state index in [2.05, 4.69) is 10.6 Å². The van der Waals surface area contributed by atoms with Crippen LogP contribution in [0.1, 0.15) is 52.6 Å². The van der Waals surface area contributed by atoms with Gasteiger partial charge < -0.3 is 20.6 Å². The molecule has 3 amide bonds. The Bertz CT molecular complexity index is 760. The lowest BCUT2D eigenvalue weighted by Crippen LogP contribution is -2.57. The van der Waals surface area contributed by atoms with Crippen LogP contribution in [0.15, 0.2) is 24.3 Å². The van der Waals surface area contributed by atoms with Crippen LogP contribution < -0.4 is 10.6 Å². The third-order valence-corrected chi connectivity index (χ3v) is 5.31. The van der Waals surface area contributed by atoms with Gasteiger partial charge in [-0.2, -0.15) is 0 Å². The second-order valence-electron chi connectivity index (χ2n) is 8.68.